The maximum atomic E-state index is 12.1. The van der Waals surface area contributed by atoms with Crippen molar-refractivity contribution in [1.29, 1.82) is 0 Å². The predicted molar refractivity (Wildman–Crippen MR) is 141 cm³/mol. The third-order valence-corrected chi connectivity index (χ3v) is 11.9. The molecule has 0 spiro atoms. The minimum absolute atomic E-state index is 0.00210. The largest absolute Gasteiger partial charge is 0.462 e. The normalized spacial score (nSPS) is 43.5. The molecule has 0 aromatic rings. The van der Waals surface area contributed by atoms with E-state index >= 15 is 0 Å². The summed E-state index contributed by atoms with van der Waals surface area (Å²) in [5.74, 6) is 6.78. The molecule has 4 saturated carbocycles. The van der Waals surface area contributed by atoms with Crippen molar-refractivity contribution in [2.75, 3.05) is 12.0 Å². The fourth-order valence-corrected chi connectivity index (χ4v) is 9.99. The number of hydrogen-bond donors (Lipinski definition) is 0. The summed E-state index contributed by atoms with van der Waals surface area (Å²) < 4.78 is 5.87. The van der Waals surface area contributed by atoms with Gasteiger partial charge in [0, 0.05) is 0 Å². The molecule has 33 heavy (non-hydrogen) atoms. The standard InChI is InChI=1S/C30H52O2S/c1-20(2)8-7-9-21(3)25-12-13-26-24-11-10-22-18-23(32-28(31)19-33-6)14-16-29(22,4)27(24)15-17-30(25,26)5/h20-27H,7-19H2,1-6H3/t21?,22?,23-,24-,25+,26?,27?,29-,30+/m0/s1. The first-order valence-corrected chi connectivity index (χ1v) is 15.8. The van der Waals surface area contributed by atoms with E-state index < -0.39 is 0 Å². The summed E-state index contributed by atoms with van der Waals surface area (Å²) in [4.78, 5) is 12.1. The molecule has 4 aliphatic carbocycles. The molecule has 190 valence electrons. The Bertz CT molecular complexity index is 676. The Balaban J connectivity index is 1.40. The molecular formula is C30H52O2S. The van der Waals surface area contributed by atoms with Crippen LogP contribution in [0.3, 0.4) is 0 Å². The fourth-order valence-electron chi connectivity index (χ4n) is 9.69. The van der Waals surface area contributed by atoms with Gasteiger partial charge in [-0.15, -0.1) is 0 Å². The summed E-state index contributed by atoms with van der Waals surface area (Å²) in [6.45, 7) is 12.7. The molecule has 0 aromatic heterocycles. The number of carbonyl (C=O) groups excluding carboxylic acids is 1. The maximum Gasteiger partial charge on any atom is 0.316 e. The molecule has 0 bridgehead atoms. The number of rotatable bonds is 8. The van der Waals surface area contributed by atoms with E-state index in [1.54, 1.807) is 11.8 Å². The molecule has 2 nitrogen and oxygen atoms in total. The van der Waals surface area contributed by atoms with Gasteiger partial charge >= 0.3 is 5.97 Å². The minimum Gasteiger partial charge on any atom is -0.462 e. The van der Waals surface area contributed by atoms with Gasteiger partial charge in [0.1, 0.15) is 6.10 Å². The second kappa shape index (κ2) is 10.4. The van der Waals surface area contributed by atoms with E-state index in [1.165, 1.54) is 64.2 Å². The van der Waals surface area contributed by atoms with Crippen LogP contribution in [0.25, 0.3) is 0 Å². The van der Waals surface area contributed by atoms with E-state index in [0.29, 0.717) is 16.6 Å². The average molecular weight is 477 g/mol. The van der Waals surface area contributed by atoms with Gasteiger partial charge in [-0.2, -0.15) is 11.8 Å². The lowest BCUT2D eigenvalue weighted by Gasteiger charge is -2.61. The third kappa shape index (κ3) is 5.05. The van der Waals surface area contributed by atoms with Gasteiger partial charge in [0.25, 0.3) is 0 Å². The highest BCUT2D eigenvalue weighted by molar-refractivity contribution is 7.99. The van der Waals surface area contributed by atoms with Crippen LogP contribution in [-0.2, 0) is 9.53 Å². The lowest BCUT2D eigenvalue weighted by Crippen LogP contribution is -2.54. The van der Waals surface area contributed by atoms with Crippen LogP contribution in [0.1, 0.15) is 112 Å². The molecule has 3 heteroatoms. The minimum atomic E-state index is -0.00210. The van der Waals surface area contributed by atoms with Crippen molar-refractivity contribution in [2.24, 2.45) is 52.3 Å². The first-order chi connectivity index (χ1) is 15.7. The van der Waals surface area contributed by atoms with E-state index in [2.05, 4.69) is 34.6 Å². The zero-order valence-corrected chi connectivity index (χ0v) is 23.4. The maximum absolute atomic E-state index is 12.1. The molecule has 4 unspecified atom stereocenters. The summed E-state index contributed by atoms with van der Waals surface area (Å²) in [5.41, 5.74) is 1.07. The van der Waals surface area contributed by atoms with Gasteiger partial charge in [0.05, 0.1) is 5.75 Å². The van der Waals surface area contributed by atoms with Crippen LogP contribution >= 0.6 is 11.8 Å². The van der Waals surface area contributed by atoms with E-state index in [1.807, 2.05) is 6.26 Å². The molecule has 0 radical (unpaired) electrons. The molecule has 0 aromatic carbocycles. The van der Waals surface area contributed by atoms with Crippen molar-refractivity contribution in [1.82, 2.24) is 0 Å². The second-order valence-electron chi connectivity index (χ2n) is 13.5. The van der Waals surface area contributed by atoms with Crippen molar-refractivity contribution in [2.45, 2.75) is 118 Å². The number of fused-ring (bicyclic) bond motifs is 5. The molecular weight excluding hydrogens is 424 g/mol. The van der Waals surface area contributed by atoms with Gasteiger partial charge in [-0.3, -0.25) is 4.79 Å². The highest BCUT2D eigenvalue weighted by Crippen LogP contribution is 2.68. The van der Waals surface area contributed by atoms with E-state index in [4.69, 9.17) is 4.74 Å². The topological polar surface area (TPSA) is 26.3 Å². The fraction of sp³-hybridized carbons (Fsp3) is 0.967. The highest BCUT2D eigenvalue weighted by atomic mass is 32.2. The van der Waals surface area contributed by atoms with Crippen LogP contribution in [0, 0.1) is 52.3 Å². The van der Waals surface area contributed by atoms with Crippen LogP contribution in [0.15, 0.2) is 0 Å². The van der Waals surface area contributed by atoms with Gasteiger partial charge in [-0.1, -0.05) is 53.9 Å². The monoisotopic (exact) mass is 476 g/mol. The number of esters is 1. The number of ether oxygens (including phenoxy) is 1. The van der Waals surface area contributed by atoms with Crippen molar-refractivity contribution in [3.63, 3.8) is 0 Å². The number of thioether (sulfide) groups is 1. The quantitative estimate of drug-likeness (QED) is 0.329. The predicted octanol–water partition coefficient (Wildman–Crippen LogP) is 8.38. The van der Waals surface area contributed by atoms with Crippen LogP contribution in [0.5, 0.6) is 0 Å². The third-order valence-electron chi connectivity index (χ3n) is 11.4. The lowest BCUT2D eigenvalue weighted by atomic mass is 9.44. The zero-order valence-electron chi connectivity index (χ0n) is 22.5. The molecule has 4 rings (SSSR count). The number of hydrogen-bond acceptors (Lipinski definition) is 3. The molecule has 0 amide bonds. The summed E-state index contributed by atoms with van der Waals surface area (Å²) in [6.07, 6.45) is 18.6. The van der Waals surface area contributed by atoms with E-state index in [0.717, 1.165) is 54.3 Å². The Morgan fingerprint density at radius 1 is 0.939 bits per heavy atom. The molecule has 0 saturated heterocycles. The summed E-state index contributed by atoms with van der Waals surface area (Å²) >= 11 is 1.58. The van der Waals surface area contributed by atoms with Crippen molar-refractivity contribution in [3.05, 3.63) is 0 Å². The van der Waals surface area contributed by atoms with E-state index in [-0.39, 0.29) is 12.1 Å². The highest BCUT2D eigenvalue weighted by Gasteiger charge is 2.60. The summed E-state index contributed by atoms with van der Waals surface area (Å²) in [5, 5.41) is 0. The molecule has 0 aliphatic heterocycles. The molecule has 4 fully saturated rings. The van der Waals surface area contributed by atoms with E-state index in [9.17, 15) is 4.79 Å². The Morgan fingerprint density at radius 3 is 2.39 bits per heavy atom. The Kier molecular flexibility index (Phi) is 8.19. The average Bonchev–Trinajstić information content (AvgIpc) is 3.11. The first-order valence-electron chi connectivity index (χ1n) is 14.4. The summed E-state index contributed by atoms with van der Waals surface area (Å²) in [7, 11) is 0. The lowest BCUT2D eigenvalue weighted by molar-refractivity contribution is -0.160. The Hall–Kier alpha value is -0.180. The molecule has 9 atom stereocenters. The molecule has 0 N–H and O–H groups in total. The first kappa shape index (κ1) is 25.9. The number of carbonyl (C=O) groups is 1. The molecule has 4 aliphatic rings. The SMILES string of the molecule is CSCC(=O)O[C@H]1CC[C@@]2(C)C(CC[C@@H]3C2CC[C@@]2(C)C3CC[C@@H]2C(C)CCCC(C)C)C1. The summed E-state index contributed by atoms with van der Waals surface area (Å²) in [6, 6.07) is 0. The smallest absolute Gasteiger partial charge is 0.316 e. The van der Waals surface area contributed by atoms with Crippen molar-refractivity contribution < 1.29 is 9.53 Å². The Morgan fingerprint density at radius 2 is 1.67 bits per heavy atom. The second-order valence-corrected chi connectivity index (χ2v) is 14.4. The Labute approximate surface area is 209 Å². The van der Waals surface area contributed by atoms with Crippen LogP contribution in [0.4, 0.5) is 0 Å². The van der Waals surface area contributed by atoms with Gasteiger partial charge in [0.2, 0.25) is 0 Å². The van der Waals surface area contributed by atoms with Gasteiger partial charge in [0.15, 0.2) is 0 Å². The van der Waals surface area contributed by atoms with Crippen LogP contribution < -0.4 is 0 Å². The van der Waals surface area contributed by atoms with Gasteiger partial charge in [-0.05, 0) is 116 Å². The van der Waals surface area contributed by atoms with Gasteiger partial charge < -0.3 is 4.74 Å². The van der Waals surface area contributed by atoms with Gasteiger partial charge in [-0.25, -0.2) is 0 Å². The van der Waals surface area contributed by atoms with Crippen LogP contribution in [-0.4, -0.2) is 24.1 Å². The van der Waals surface area contributed by atoms with Crippen LogP contribution in [0.2, 0.25) is 0 Å². The van der Waals surface area contributed by atoms with Crippen molar-refractivity contribution >= 4 is 17.7 Å². The zero-order chi connectivity index (χ0) is 23.8. The van der Waals surface area contributed by atoms with Crippen molar-refractivity contribution in [3.8, 4) is 0 Å². The molecule has 0 heterocycles.